The van der Waals surface area contributed by atoms with Crippen molar-refractivity contribution in [3.05, 3.63) is 28.2 Å². The van der Waals surface area contributed by atoms with E-state index in [9.17, 15) is 9.59 Å². The lowest BCUT2D eigenvalue weighted by Gasteiger charge is -2.15. The van der Waals surface area contributed by atoms with Crippen LogP contribution in [0.25, 0.3) is 0 Å². The average Bonchev–Trinajstić information content (AvgIpc) is 2.37. The fourth-order valence-electron chi connectivity index (χ4n) is 1.28. The fourth-order valence-corrected chi connectivity index (χ4v) is 1.71. The largest absolute Gasteiger partial charge is 0.399 e. The van der Waals surface area contributed by atoms with Gasteiger partial charge in [-0.1, -0.05) is 0 Å². The number of nitrogens with one attached hydrogen (secondary N) is 1. The molecule has 0 unspecified atom stereocenters. The van der Waals surface area contributed by atoms with E-state index < -0.39 is 0 Å². The molecule has 2 amide bonds. The Balaban J connectivity index is 2.66. The molecule has 18 heavy (non-hydrogen) atoms. The van der Waals surface area contributed by atoms with Crippen LogP contribution in [0.15, 0.2) is 22.7 Å². The molecule has 5 nitrogen and oxygen atoms in total. The van der Waals surface area contributed by atoms with Gasteiger partial charge in [-0.15, -0.1) is 0 Å². The number of nitrogens with two attached hydrogens (primary N) is 1. The van der Waals surface area contributed by atoms with Gasteiger partial charge in [0.1, 0.15) is 0 Å². The Morgan fingerprint density at radius 1 is 1.44 bits per heavy atom. The summed E-state index contributed by atoms with van der Waals surface area (Å²) in [6.45, 7) is 2.45. The molecule has 0 bridgehead atoms. The smallest absolute Gasteiger partial charge is 0.252 e. The third-order valence-electron chi connectivity index (χ3n) is 2.54. The van der Waals surface area contributed by atoms with Crippen molar-refractivity contribution in [1.29, 1.82) is 0 Å². The van der Waals surface area contributed by atoms with E-state index in [4.69, 9.17) is 5.73 Å². The van der Waals surface area contributed by atoms with Crippen molar-refractivity contribution in [3.63, 3.8) is 0 Å². The van der Waals surface area contributed by atoms with Crippen LogP contribution in [0.4, 0.5) is 5.69 Å². The van der Waals surface area contributed by atoms with E-state index in [1.807, 2.05) is 6.92 Å². The molecule has 0 aliphatic carbocycles. The number of nitrogens with zero attached hydrogens (tertiary/aromatic N) is 1. The molecule has 6 heteroatoms. The van der Waals surface area contributed by atoms with Crippen molar-refractivity contribution in [2.45, 2.75) is 6.92 Å². The van der Waals surface area contributed by atoms with Gasteiger partial charge in [0.25, 0.3) is 5.91 Å². The highest BCUT2D eigenvalue weighted by Gasteiger charge is 2.13. The van der Waals surface area contributed by atoms with Gasteiger partial charge in [0.2, 0.25) is 5.91 Å². The fraction of sp³-hybridized carbons (Fsp3) is 0.333. The van der Waals surface area contributed by atoms with Crippen molar-refractivity contribution in [1.82, 2.24) is 10.2 Å². The minimum atomic E-state index is -0.327. The molecule has 0 aromatic heterocycles. The van der Waals surface area contributed by atoms with Gasteiger partial charge in [-0.3, -0.25) is 9.59 Å². The first-order valence-electron chi connectivity index (χ1n) is 5.53. The third kappa shape index (κ3) is 3.73. The average molecular weight is 314 g/mol. The van der Waals surface area contributed by atoms with Gasteiger partial charge in [0.15, 0.2) is 0 Å². The van der Waals surface area contributed by atoms with Gasteiger partial charge in [-0.25, -0.2) is 0 Å². The number of anilines is 1. The second-order valence-corrected chi connectivity index (χ2v) is 4.68. The summed E-state index contributed by atoms with van der Waals surface area (Å²) in [4.78, 5) is 24.9. The molecule has 3 N–H and O–H groups in total. The molecule has 1 aromatic carbocycles. The number of hydrogen-bond donors (Lipinski definition) is 2. The quantitative estimate of drug-likeness (QED) is 0.821. The number of hydrogen-bond acceptors (Lipinski definition) is 3. The van der Waals surface area contributed by atoms with E-state index in [-0.39, 0.29) is 18.4 Å². The maximum atomic E-state index is 11.9. The summed E-state index contributed by atoms with van der Waals surface area (Å²) < 4.78 is 0.644. The Hall–Kier alpha value is -1.56. The zero-order valence-corrected chi connectivity index (χ0v) is 12.0. The van der Waals surface area contributed by atoms with Crippen molar-refractivity contribution >= 4 is 33.4 Å². The highest BCUT2D eigenvalue weighted by Crippen LogP contribution is 2.19. The first kappa shape index (κ1) is 14.5. The molecule has 0 aliphatic heterocycles. The topological polar surface area (TPSA) is 75.4 Å². The number of amides is 2. The summed E-state index contributed by atoms with van der Waals surface area (Å²) in [5, 5.41) is 2.57. The molecule has 98 valence electrons. The van der Waals surface area contributed by atoms with Crippen LogP contribution < -0.4 is 11.1 Å². The van der Waals surface area contributed by atoms with E-state index in [1.54, 1.807) is 25.2 Å². The van der Waals surface area contributed by atoms with E-state index in [1.165, 1.54) is 4.90 Å². The minimum Gasteiger partial charge on any atom is -0.399 e. The first-order valence-corrected chi connectivity index (χ1v) is 6.32. The van der Waals surface area contributed by atoms with Crippen LogP contribution in [0.2, 0.25) is 0 Å². The third-order valence-corrected chi connectivity index (χ3v) is 3.23. The molecule has 0 spiro atoms. The van der Waals surface area contributed by atoms with E-state index in [2.05, 4.69) is 21.2 Å². The predicted molar refractivity (Wildman–Crippen MR) is 74.2 cm³/mol. The molecule has 1 rings (SSSR count). The summed E-state index contributed by atoms with van der Waals surface area (Å²) in [7, 11) is 1.69. The molecule has 0 fully saturated rings. The van der Waals surface area contributed by atoms with Crippen LogP contribution in [0.1, 0.15) is 17.3 Å². The zero-order chi connectivity index (χ0) is 13.7. The van der Waals surface area contributed by atoms with Gasteiger partial charge in [0, 0.05) is 23.8 Å². The van der Waals surface area contributed by atoms with Crippen LogP contribution in [-0.2, 0) is 4.79 Å². The van der Waals surface area contributed by atoms with Crippen molar-refractivity contribution in [2.75, 3.05) is 25.9 Å². The highest BCUT2D eigenvalue weighted by atomic mass is 79.9. The molecule has 0 saturated heterocycles. The van der Waals surface area contributed by atoms with Crippen LogP contribution >= 0.6 is 15.9 Å². The Bertz CT molecular complexity index is 463. The molecule has 0 aliphatic rings. The number of rotatable bonds is 4. The molecule has 0 saturated carbocycles. The molecule has 0 radical (unpaired) electrons. The summed E-state index contributed by atoms with van der Waals surface area (Å²) in [6.07, 6.45) is 0. The highest BCUT2D eigenvalue weighted by molar-refractivity contribution is 9.10. The number of carbonyl (C=O) groups excluding carboxylic acids is 2. The second-order valence-electron chi connectivity index (χ2n) is 3.83. The number of carbonyl (C=O) groups is 2. The van der Waals surface area contributed by atoms with E-state index in [0.717, 1.165) is 0 Å². The Labute approximate surface area is 114 Å². The van der Waals surface area contributed by atoms with Gasteiger partial charge < -0.3 is 16.0 Å². The van der Waals surface area contributed by atoms with Crippen LogP contribution in [0, 0.1) is 0 Å². The van der Waals surface area contributed by atoms with E-state index >= 15 is 0 Å². The van der Waals surface area contributed by atoms with Crippen LogP contribution in [0.5, 0.6) is 0 Å². The predicted octanol–water partition coefficient (Wildman–Crippen LogP) is 1.24. The maximum Gasteiger partial charge on any atom is 0.252 e. The monoisotopic (exact) mass is 313 g/mol. The van der Waals surface area contributed by atoms with Crippen LogP contribution in [0.3, 0.4) is 0 Å². The number of likely N-dealkylation sites (N-methyl/N-ethyl adjacent to an activating group) is 1. The summed E-state index contributed by atoms with van der Waals surface area (Å²) in [6, 6.07) is 4.95. The normalized spacial score (nSPS) is 9.94. The molecule has 1 aromatic rings. The lowest BCUT2D eigenvalue weighted by molar-refractivity contribution is -0.128. The number of nitrogen functional groups attached to an aromatic ring is 1. The van der Waals surface area contributed by atoms with E-state index in [0.29, 0.717) is 22.3 Å². The number of halogens is 1. The zero-order valence-electron chi connectivity index (χ0n) is 10.4. The second kappa shape index (κ2) is 6.39. The SMILES string of the molecule is CCN(C)C(=O)CNC(=O)c1cc(N)ccc1Br. The van der Waals surface area contributed by atoms with Crippen molar-refractivity contribution < 1.29 is 9.59 Å². The maximum absolute atomic E-state index is 11.9. The molecular weight excluding hydrogens is 298 g/mol. The van der Waals surface area contributed by atoms with Gasteiger partial charge in [-0.2, -0.15) is 0 Å². The first-order chi connectivity index (χ1) is 8.45. The lowest BCUT2D eigenvalue weighted by atomic mass is 10.2. The molecule has 0 heterocycles. The summed E-state index contributed by atoms with van der Waals surface area (Å²) >= 11 is 3.27. The molecular formula is C12H16BrN3O2. The minimum absolute atomic E-state index is 0.0234. The Kier molecular flexibility index (Phi) is 5.15. The van der Waals surface area contributed by atoms with Gasteiger partial charge in [0.05, 0.1) is 12.1 Å². The summed E-state index contributed by atoms with van der Waals surface area (Å²) in [5.74, 6) is -0.460. The summed E-state index contributed by atoms with van der Waals surface area (Å²) in [5.41, 5.74) is 6.53. The lowest BCUT2D eigenvalue weighted by Crippen LogP contribution is -2.38. The Morgan fingerprint density at radius 3 is 2.72 bits per heavy atom. The van der Waals surface area contributed by atoms with Crippen molar-refractivity contribution in [2.24, 2.45) is 0 Å². The van der Waals surface area contributed by atoms with Gasteiger partial charge in [-0.05, 0) is 41.1 Å². The number of benzene rings is 1. The van der Waals surface area contributed by atoms with Crippen LogP contribution in [-0.4, -0.2) is 36.9 Å². The van der Waals surface area contributed by atoms with Gasteiger partial charge >= 0.3 is 0 Å². The Morgan fingerprint density at radius 2 is 2.11 bits per heavy atom. The van der Waals surface area contributed by atoms with Crippen molar-refractivity contribution in [3.8, 4) is 0 Å². The molecule has 0 atom stereocenters. The standard InChI is InChI=1S/C12H16BrN3O2/c1-3-16(2)11(17)7-15-12(18)9-6-8(14)4-5-10(9)13/h4-6H,3,7,14H2,1-2H3,(H,15,18).